The lowest BCUT2D eigenvalue weighted by atomic mass is 9.91. The molecule has 10 rings (SSSR count). The zero-order chi connectivity index (χ0) is 38.4. The van der Waals surface area contributed by atoms with Crippen molar-refractivity contribution in [1.82, 2.24) is 15.0 Å². The molecule has 0 aliphatic carbocycles. The van der Waals surface area contributed by atoms with Crippen LogP contribution in [0.1, 0.15) is 9.60 Å². The van der Waals surface area contributed by atoms with Crippen molar-refractivity contribution < 1.29 is 14.0 Å². The molecule has 2 aromatic heterocycles. The molecule has 0 radical (unpaired) electrons. The van der Waals surface area contributed by atoms with Gasteiger partial charge in [0.15, 0.2) is 17.5 Å². The van der Waals surface area contributed by atoms with E-state index in [0.29, 0.717) is 16.7 Å². The van der Waals surface area contributed by atoms with E-state index >= 15 is 0 Å². The van der Waals surface area contributed by atoms with Gasteiger partial charge in [-0.2, -0.15) is 0 Å². The molecule has 0 amide bonds. The second-order valence-corrected chi connectivity index (χ2v) is 11.9. The summed E-state index contributed by atoms with van der Waals surface area (Å²) in [6.45, 7) is 0. The van der Waals surface area contributed by atoms with Gasteiger partial charge in [0.25, 0.3) is 0 Å². The molecule has 8 aromatic carbocycles. The first-order valence-electron chi connectivity index (χ1n) is 19.4. The molecule has 4 heteroatoms. The monoisotopic (exact) mass is 632 g/mol. The number of aromatic nitrogens is 3. The Balaban J connectivity index is 1.34. The minimum Gasteiger partial charge on any atom is -0.456 e. The lowest BCUT2D eigenvalue weighted by Gasteiger charge is -2.16. The zero-order valence-corrected chi connectivity index (χ0v) is 25.8. The fourth-order valence-corrected chi connectivity index (χ4v) is 6.77. The topological polar surface area (TPSA) is 51.8 Å². The Morgan fingerprint density at radius 1 is 0.429 bits per heavy atom. The third-order valence-corrected chi connectivity index (χ3v) is 9.01. The van der Waals surface area contributed by atoms with Crippen molar-refractivity contribution >= 4 is 54.3 Å². The Morgan fingerprint density at radius 2 is 1.16 bits per heavy atom. The molecule has 4 nitrogen and oxygen atoms in total. The Kier molecular flexibility index (Phi) is 4.76. The molecule has 228 valence electrons. The summed E-state index contributed by atoms with van der Waals surface area (Å²) in [7, 11) is 0. The van der Waals surface area contributed by atoms with Crippen molar-refractivity contribution in [2.24, 2.45) is 0 Å². The van der Waals surface area contributed by atoms with Gasteiger partial charge in [-0.05, 0) is 61.6 Å². The molecule has 0 N–H and O–H groups in total. The Hall–Kier alpha value is -6.65. The van der Waals surface area contributed by atoms with E-state index in [4.69, 9.17) is 29.0 Å². The van der Waals surface area contributed by atoms with Crippen LogP contribution in [0.2, 0.25) is 0 Å². The SMILES string of the molecule is [2H]c1c([2H])c([2H])c2c(-c3nc(-c4ccccc4)nc(-c4c(-c5cccc6oc7cc8ccccc8cc7c56)ccc5ccccc45)n3)c([2H])c([2H])c([2H])c2c1[2H]. The van der Waals surface area contributed by atoms with Crippen LogP contribution in [0.5, 0.6) is 0 Å². The summed E-state index contributed by atoms with van der Waals surface area (Å²) in [5.74, 6) is 0.461. The van der Waals surface area contributed by atoms with Gasteiger partial charge in [-0.1, -0.05) is 145 Å². The molecule has 0 saturated carbocycles. The van der Waals surface area contributed by atoms with Crippen LogP contribution in [-0.4, -0.2) is 15.0 Å². The van der Waals surface area contributed by atoms with Crippen LogP contribution in [0.4, 0.5) is 0 Å². The third kappa shape index (κ3) is 4.49. The van der Waals surface area contributed by atoms with Gasteiger partial charge in [0.1, 0.15) is 11.2 Å². The van der Waals surface area contributed by atoms with E-state index in [0.717, 1.165) is 49.0 Å². The summed E-state index contributed by atoms with van der Waals surface area (Å²) in [6.07, 6.45) is 0. The van der Waals surface area contributed by atoms with Gasteiger partial charge in [0, 0.05) is 27.5 Å². The molecular formula is C45H27N3O. The van der Waals surface area contributed by atoms with Crippen LogP contribution in [0.15, 0.2) is 168 Å². The van der Waals surface area contributed by atoms with E-state index in [2.05, 4.69) is 30.3 Å². The zero-order valence-electron chi connectivity index (χ0n) is 32.8. The molecule has 0 aliphatic rings. The van der Waals surface area contributed by atoms with Gasteiger partial charge in [0.2, 0.25) is 0 Å². The molecular weight excluding hydrogens is 599 g/mol. The molecule has 0 aliphatic heterocycles. The first kappa shape index (κ1) is 21.3. The maximum atomic E-state index is 9.14. The normalized spacial score (nSPS) is 13.7. The summed E-state index contributed by atoms with van der Waals surface area (Å²) >= 11 is 0. The summed E-state index contributed by atoms with van der Waals surface area (Å²) < 4.78 is 67.6. The van der Waals surface area contributed by atoms with Gasteiger partial charge >= 0.3 is 0 Å². The lowest BCUT2D eigenvalue weighted by molar-refractivity contribution is 0.669. The van der Waals surface area contributed by atoms with E-state index in [1.807, 2.05) is 91.0 Å². The minimum absolute atomic E-state index is 0.0558. The summed E-state index contributed by atoms with van der Waals surface area (Å²) in [5, 5.41) is 5.52. The van der Waals surface area contributed by atoms with Crippen LogP contribution in [0.3, 0.4) is 0 Å². The van der Waals surface area contributed by atoms with Crippen molar-refractivity contribution in [3.8, 4) is 45.3 Å². The summed E-state index contributed by atoms with van der Waals surface area (Å²) in [6, 6.07) is 36.2. The first-order valence-corrected chi connectivity index (χ1v) is 15.9. The number of benzene rings is 8. The second-order valence-electron chi connectivity index (χ2n) is 11.9. The average molecular weight is 633 g/mol. The molecule has 49 heavy (non-hydrogen) atoms. The largest absolute Gasteiger partial charge is 0.456 e. The van der Waals surface area contributed by atoms with E-state index < -0.39 is 42.3 Å². The second kappa shape index (κ2) is 11.0. The number of furan rings is 1. The van der Waals surface area contributed by atoms with Crippen LogP contribution in [0.25, 0.3) is 99.5 Å². The van der Waals surface area contributed by atoms with Crippen LogP contribution in [0, 0.1) is 0 Å². The fourth-order valence-electron chi connectivity index (χ4n) is 6.77. The van der Waals surface area contributed by atoms with Crippen molar-refractivity contribution in [1.29, 1.82) is 0 Å². The maximum absolute atomic E-state index is 9.14. The predicted molar refractivity (Wildman–Crippen MR) is 201 cm³/mol. The Bertz CT molecular complexity index is 3280. The fraction of sp³-hybridized carbons (Fsp3) is 0. The van der Waals surface area contributed by atoms with Gasteiger partial charge in [0.05, 0.1) is 9.60 Å². The highest BCUT2D eigenvalue weighted by atomic mass is 16.3. The quantitative estimate of drug-likeness (QED) is 0.194. The minimum atomic E-state index is -0.533. The lowest BCUT2D eigenvalue weighted by Crippen LogP contribution is -2.02. The van der Waals surface area contributed by atoms with Gasteiger partial charge in [-0.25, -0.2) is 15.0 Å². The van der Waals surface area contributed by atoms with Gasteiger partial charge in [-0.15, -0.1) is 0 Å². The van der Waals surface area contributed by atoms with Gasteiger partial charge < -0.3 is 4.42 Å². The summed E-state index contributed by atoms with van der Waals surface area (Å²) in [4.78, 5) is 15.0. The maximum Gasteiger partial charge on any atom is 0.165 e. The van der Waals surface area contributed by atoms with Gasteiger partial charge in [-0.3, -0.25) is 0 Å². The van der Waals surface area contributed by atoms with Crippen molar-refractivity contribution in [3.05, 3.63) is 164 Å². The standard InChI is InChI=1S/C45H27N3O/c1-2-14-30(15-3-1)43-46-44(37-22-10-18-28-12-6-8-19-33(28)37)48-45(47-43)42-34-20-9-7-13-29(34)24-25-36(42)35-21-11-23-39-41(35)38-26-31-16-4-5-17-32(31)27-40(38)49-39/h1-27H/i6D,8D,10D,12D,18D,19D,22D. The first-order chi connectivity index (χ1) is 27.2. The Morgan fingerprint density at radius 3 is 2.06 bits per heavy atom. The van der Waals surface area contributed by atoms with E-state index in [1.54, 1.807) is 0 Å². The predicted octanol–water partition coefficient (Wildman–Crippen LogP) is 11.9. The molecule has 0 fully saturated rings. The number of nitrogens with zero attached hydrogens (tertiary/aromatic N) is 3. The highest BCUT2D eigenvalue weighted by Crippen LogP contribution is 2.44. The molecule has 0 spiro atoms. The van der Waals surface area contributed by atoms with Crippen molar-refractivity contribution in [3.63, 3.8) is 0 Å². The van der Waals surface area contributed by atoms with Crippen molar-refractivity contribution in [2.75, 3.05) is 0 Å². The average Bonchev–Trinajstić information content (AvgIpc) is 3.60. The number of rotatable bonds is 4. The van der Waals surface area contributed by atoms with E-state index in [1.165, 1.54) is 0 Å². The van der Waals surface area contributed by atoms with Crippen LogP contribution in [-0.2, 0) is 0 Å². The number of hydrogen-bond acceptors (Lipinski definition) is 4. The number of hydrogen-bond donors (Lipinski definition) is 0. The Labute approximate surface area is 291 Å². The third-order valence-electron chi connectivity index (χ3n) is 9.01. The molecule has 0 unspecified atom stereocenters. The van der Waals surface area contributed by atoms with Crippen LogP contribution >= 0.6 is 0 Å². The van der Waals surface area contributed by atoms with E-state index in [9.17, 15) is 0 Å². The summed E-state index contributed by atoms with van der Waals surface area (Å²) in [5.41, 5.74) is 4.40. The highest BCUT2D eigenvalue weighted by molar-refractivity contribution is 6.18. The molecule has 0 saturated heterocycles. The number of fused-ring (bicyclic) bond motifs is 6. The molecule has 0 bridgehead atoms. The molecule has 2 heterocycles. The van der Waals surface area contributed by atoms with Crippen LogP contribution < -0.4 is 0 Å². The molecule has 0 atom stereocenters. The molecule has 10 aromatic rings. The highest BCUT2D eigenvalue weighted by Gasteiger charge is 2.22. The van der Waals surface area contributed by atoms with E-state index in [-0.39, 0.29) is 33.8 Å². The smallest absolute Gasteiger partial charge is 0.165 e. The van der Waals surface area contributed by atoms with Crippen molar-refractivity contribution in [2.45, 2.75) is 0 Å².